The Morgan fingerprint density at radius 3 is 2.60 bits per heavy atom. The molecule has 1 aliphatic heterocycles. The van der Waals surface area contributed by atoms with Gasteiger partial charge in [-0.25, -0.2) is 0 Å². The van der Waals surface area contributed by atoms with Gasteiger partial charge in [-0.15, -0.1) is 0 Å². The minimum atomic E-state index is -0.372. The van der Waals surface area contributed by atoms with E-state index in [1.165, 1.54) is 0 Å². The van der Waals surface area contributed by atoms with E-state index in [0.29, 0.717) is 6.04 Å². The molecule has 0 aromatic heterocycles. The highest BCUT2D eigenvalue weighted by Crippen LogP contribution is 2.26. The molecule has 1 saturated heterocycles. The van der Waals surface area contributed by atoms with Crippen LogP contribution in [0.4, 0.5) is 5.69 Å². The van der Waals surface area contributed by atoms with Gasteiger partial charge in [0, 0.05) is 30.8 Å². The lowest BCUT2D eigenvalue weighted by Gasteiger charge is -2.37. The zero-order chi connectivity index (χ0) is 14.8. The van der Waals surface area contributed by atoms with Crippen LogP contribution in [0.25, 0.3) is 0 Å². The van der Waals surface area contributed by atoms with Crippen molar-refractivity contribution < 1.29 is 9.66 Å². The quantitative estimate of drug-likeness (QED) is 0.678. The predicted octanol–water partition coefficient (Wildman–Crippen LogP) is 3.20. The van der Waals surface area contributed by atoms with E-state index in [9.17, 15) is 10.1 Å². The first kappa shape index (κ1) is 14.9. The van der Waals surface area contributed by atoms with Gasteiger partial charge in [0.15, 0.2) is 0 Å². The van der Waals surface area contributed by atoms with Gasteiger partial charge in [-0.3, -0.25) is 10.1 Å². The maximum Gasteiger partial charge on any atom is 0.269 e. The summed E-state index contributed by atoms with van der Waals surface area (Å²) in [6, 6.07) is 7.35. The van der Waals surface area contributed by atoms with Gasteiger partial charge in [0.25, 0.3) is 5.69 Å². The monoisotopic (exact) mass is 278 g/mol. The molecule has 110 valence electrons. The van der Waals surface area contributed by atoms with Gasteiger partial charge >= 0.3 is 0 Å². The van der Waals surface area contributed by atoms with Crippen LogP contribution in [-0.4, -0.2) is 23.2 Å². The highest BCUT2D eigenvalue weighted by atomic mass is 16.6. The number of ether oxygens (including phenoxy) is 1. The molecule has 5 heteroatoms. The molecule has 1 aromatic carbocycles. The van der Waals surface area contributed by atoms with Gasteiger partial charge < -0.3 is 10.1 Å². The molecule has 1 fully saturated rings. The Morgan fingerprint density at radius 2 is 2.05 bits per heavy atom. The summed E-state index contributed by atoms with van der Waals surface area (Å²) in [5.74, 6) is 0. The molecule has 1 aromatic rings. The van der Waals surface area contributed by atoms with Crippen LogP contribution in [0.3, 0.4) is 0 Å². The molecule has 1 N–H and O–H groups in total. The Balaban J connectivity index is 1.97. The highest BCUT2D eigenvalue weighted by Gasteiger charge is 2.29. The van der Waals surface area contributed by atoms with E-state index >= 15 is 0 Å². The normalized spacial score (nSPS) is 23.2. The predicted molar refractivity (Wildman–Crippen MR) is 77.7 cm³/mol. The van der Waals surface area contributed by atoms with Crippen LogP contribution in [0.1, 0.15) is 45.2 Å². The van der Waals surface area contributed by atoms with E-state index in [2.05, 4.69) is 26.1 Å². The van der Waals surface area contributed by atoms with E-state index in [4.69, 9.17) is 4.74 Å². The van der Waals surface area contributed by atoms with E-state index < -0.39 is 0 Å². The van der Waals surface area contributed by atoms with Crippen LogP contribution >= 0.6 is 0 Å². The second kappa shape index (κ2) is 5.89. The third-order valence-electron chi connectivity index (χ3n) is 3.79. The maximum absolute atomic E-state index is 10.6. The SMILES string of the molecule is CC(NC1CCOC(C)(C)C1)c1ccc([N+](=O)[O-])cc1. The summed E-state index contributed by atoms with van der Waals surface area (Å²) in [6.07, 6.45) is 1.98. The smallest absolute Gasteiger partial charge is 0.269 e. The van der Waals surface area contributed by atoms with Gasteiger partial charge in [-0.05, 0) is 39.2 Å². The molecule has 0 aliphatic carbocycles. The van der Waals surface area contributed by atoms with Gasteiger partial charge in [-0.2, -0.15) is 0 Å². The summed E-state index contributed by atoms with van der Waals surface area (Å²) >= 11 is 0. The van der Waals surface area contributed by atoms with E-state index in [-0.39, 0.29) is 22.3 Å². The average Bonchev–Trinajstić information content (AvgIpc) is 2.37. The molecule has 20 heavy (non-hydrogen) atoms. The summed E-state index contributed by atoms with van der Waals surface area (Å²) in [6.45, 7) is 7.08. The number of rotatable bonds is 4. The molecule has 0 spiro atoms. The maximum atomic E-state index is 10.6. The first-order chi connectivity index (χ1) is 9.37. The van der Waals surface area contributed by atoms with Crippen LogP contribution in [0.5, 0.6) is 0 Å². The van der Waals surface area contributed by atoms with E-state index in [1.807, 2.05) is 12.1 Å². The van der Waals surface area contributed by atoms with Gasteiger partial charge in [-0.1, -0.05) is 12.1 Å². The van der Waals surface area contributed by atoms with Crippen molar-refractivity contribution in [3.05, 3.63) is 39.9 Å². The lowest BCUT2D eigenvalue weighted by Crippen LogP contribution is -2.44. The molecule has 0 saturated carbocycles. The van der Waals surface area contributed by atoms with Gasteiger partial charge in [0.1, 0.15) is 0 Å². The minimum absolute atomic E-state index is 0.0783. The first-order valence-corrected chi connectivity index (χ1v) is 7.02. The standard InChI is InChI=1S/C15H22N2O3/c1-11(12-4-6-14(7-5-12)17(18)19)16-13-8-9-20-15(2,3)10-13/h4-7,11,13,16H,8-10H2,1-3H3. The molecule has 1 heterocycles. The van der Waals surface area contributed by atoms with Crippen LogP contribution in [0.15, 0.2) is 24.3 Å². The third-order valence-corrected chi connectivity index (χ3v) is 3.79. The summed E-state index contributed by atoms with van der Waals surface area (Å²) < 4.78 is 5.71. The first-order valence-electron chi connectivity index (χ1n) is 7.02. The minimum Gasteiger partial charge on any atom is -0.375 e. The van der Waals surface area contributed by atoms with Crippen molar-refractivity contribution in [3.63, 3.8) is 0 Å². The summed E-state index contributed by atoms with van der Waals surface area (Å²) in [7, 11) is 0. The molecule has 2 unspecified atom stereocenters. The molecular formula is C15H22N2O3. The molecule has 2 atom stereocenters. The summed E-state index contributed by atoms with van der Waals surface area (Å²) in [5.41, 5.74) is 1.12. The van der Waals surface area contributed by atoms with E-state index in [0.717, 1.165) is 25.0 Å². The second-order valence-corrected chi connectivity index (χ2v) is 6.03. The number of benzene rings is 1. The van der Waals surface area contributed by atoms with Crippen molar-refractivity contribution in [1.82, 2.24) is 5.32 Å². The van der Waals surface area contributed by atoms with Crippen LogP contribution in [-0.2, 0) is 4.74 Å². The fraction of sp³-hybridized carbons (Fsp3) is 0.600. The van der Waals surface area contributed by atoms with Gasteiger partial charge in [0.05, 0.1) is 10.5 Å². The Kier molecular flexibility index (Phi) is 4.40. The van der Waals surface area contributed by atoms with Crippen LogP contribution in [0.2, 0.25) is 0 Å². The van der Waals surface area contributed by atoms with Crippen LogP contribution < -0.4 is 5.32 Å². The molecule has 5 nitrogen and oxygen atoms in total. The number of hydrogen-bond acceptors (Lipinski definition) is 4. The fourth-order valence-corrected chi connectivity index (χ4v) is 2.71. The number of non-ortho nitro benzene ring substituents is 1. The fourth-order valence-electron chi connectivity index (χ4n) is 2.71. The third kappa shape index (κ3) is 3.77. The zero-order valence-electron chi connectivity index (χ0n) is 12.3. The number of hydrogen-bond donors (Lipinski definition) is 1. The van der Waals surface area contributed by atoms with Crippen LogP contribution in [0, 0.1) is 10.1 Å². The summed E-state index contributed by atoms with van der Waals surface area (Å²) in [5, 5.41) is 14.2. The second-order valence-electron chi connectivity index (χ2n) is 6.03. The Hall–Kier alpha value is -1.46. The Morgan fingerprint density at radius 1 is 1.40 bits per heavy atom. The molecular weight excluding hydrogens is 256 g/mol. The Bertz CT molecular complexity index is 471. The zero-order valence-corrected chi connectivity index (χ0v) is 12.3. The summed E-state index contributed by atoms with van der Waals surface area (Å²) in [4.78, 5) is 10.3. The van der Waals surface area contributed by atoms with Crippen molar-refractivity contribution in [3.8, 4) is 0 Å². The lowest BCUT2D eigenvalue weighted by atomic mass is 9.93. The molecule has 1 aliphatic rings. The highest BCUT2D eigenvalue weighted by molar-refractivity contribution is 5.34. The largest absolute Gasteiger partial charge is 0.375 e. The number of nitrogens with zero attached hydrogens (tertiary/aromatic N) is 1. The average molecular weight is 278 g/mol. The van der Waals surface area contributed by atoms with Crippen molar-refractivity contribution in [1.29, 1.82) is 0 Å². The number of nitrogens with one attached hydrogen (secondary N) is 1. The van der Waals surface area contributed by atoms with Crippen molar-refractivity contribution in [2.75, 3.05) is 6.61 Å². The molecule has 0 radical (unpaired) electrons. The lowest BCUT2D eigenvalue weighted by molar-refractivity contribution is -0.384. The Labute approximate surface area is 119 Å². The topological polar surface area (TPSA) is 64.4 Å². The van der Waals surface area contributed by atoms with Crippen molar-refractivity contribution in [2.45, 2.75) is 51.3 Å². The number of nitro groups is 1. The molecule has 2 rings (SSSR count). The van der Waals surface area contributed by atoms with Crippen molar-refractivity contribution >= 4 is 5.69 Å². The van der Waals surface area contributed by atoms with Crippen molar-refractivity contribution in [2.24, 2.45) is 0 Å². The molecule has 0 amide bonds. The van der Waals surface area contributed by atoms with Gasteiger partial charge in [0.2, 0.25) is 0 Å². The number of nitro benzene ring substituents is 1. The van der Waals surface area contributed by atoms with E-state index in [1.54, 1.807) is 12.1 Å². The molecule has 0 bridgehead atoms.